The number of pyridine rings is 1. The van der Waals surface area contributed by atoms with Gasteiger partial charge in [0.05, 0.1) is 0 Å². The van der Waals surface area contributed by atoms with Crippen molar-refractivity contribution >= 4 is 50.1 Å². The van der Waals surface area contributed by atoms with Gasteiger partial charge in [-0.2, -0.15) is 6.21 Å². The van der Waals surface area contributed by atoms with Gasteiger partial charge < -0.3 is 14.8 Å². The molecule has 2 heterocycles. The average Bonchev–Trinajstić information content (AvgIpc) is 3.70. The van der Waals surface area contributed by atoms with E-state index >= 15 is 0 Å². The number of benzene rings is 6. The van der Waals surface area contributed by atoms with Gasteiger partial charge in [0.15, 0.2) is 0 Å². The fourth-order valence-corrected chi connectivity index (χ4v) is 7.19. The van der Waals surface area contributed by atoms with Gasteiger partial charge in [0.1, 0.15) is 5.58 Å². The van der Waals surface area contributed by atoms with E-state index in [1.807, 2.05) is 109 Å². The quantitative estimate of drug-likeness (QED) is 0.0865. The number of rotatable bonds is 8. The zero-order valence-electron chi connectivity index (χ0n) is 45.5. The molecule has 0 radical (unpaired) electrons. The Morgan fingerprint density at radius 2 is 1.51 bits per heavy atom. The minimum absolute atomic E-state index is 0. The Labute approximate surface area is 390 Å². The summed E-state index contributed by atoms with van der Waals surface area (Å²) in [4.78, 5) is 4.23. The molecule has 2 aromatic heterocycles. The van der Waals surface area contributed by atoms with E-state index in [0.29, 0.717) is 33.5 Å². The van der Waals surface area contributed by atoms with Crippen molar-refractivity contribution < 1.29 is 38.2 Å². The topological polar surface area (TPSA) is 48.3 Å². The maximum absolute atomic E-state index is 9.62. The van der Waals surface area contributed by atoms with Gasteiger partial charge in [0.2, 0.25) is 0 Å². The van der Waals surface area contributed by atoms with E-state index in [4.69, 9.17) is 18.1 Å². The second-order valence-corrected chi connectivity index (χ2v) is 17.0. The first-order valence-electron chi connectivity index (χ1n) is 25.0. The minimum Gasteiger partial charge on any atom is -0.811 e. The molecule has 0 amide bonds. The maximum atomic E-state index is 9.62. The van der Waals surface area contributed by atoms with Crippen LogP contribution in [0.5, 0.6) is 0 Å². The summed E-state index contributed by atoms with van der Waals surface area (Å²) in [7, 11) is 0. The van der Waals surface area contributed by atoms with Gasteiger partial charge in [0.25, 0.3) is 0 Å². The largest absolute Gasteiger partial charge is 3.00 e. The molecule has 0 atom stereocenters. The first kappa shape index (κ1) is 33.0. The Bertz CT molecular complexity index is 3260. The van der Waals surface area contributed by atoms with Crippen molar-refractivity contribution in [3.63, 3.8) is 0 Å². The van der Waals surface area contributed by atoms with Crippen LogP contribution in [0, 0.1) is 36.7 Å². The smallest absolute Gasteiger partial charge is 0.811 e. The van der Waals surface area contributed by atoms with Crippen LogP contribution < -0.4 is 0 Å². The van der Waals surface area contributed by atoms with Gasteiger partial charge in [-0.05, 0) is 86.4 Å². The van der Waals surface area contributed by atoms with Crippen LogP contribution in [0.4, 0.5) is 0 Å². The zero-order valence-corrected chi connectivity index (χ0v) is 37.9. The third kappa shape index (κ3) is 11.0. The third-order valence-corrected chi connectivity index (χ3v) is 9.79. The van der Waals surface area contributed by atoms with Crippen LogP contribution in [0.25, 0.3) is 71.7 Å². The zero-order chi connectivity index (χ0) is 51.2. The summed E-state index contributed by atoms with van der Waals surface area (Å²) in [5.41, 5.74) is 7.44. The van der Waals surface area contributed by atoms with Crippen LogP contribution in [0.15, 0.2) is 144 Å². The molecule has 0 aliphatic heterocycles. The van der Waals surface area contributed by atoms with Gasteiger partial charge >= 0.3 is 20.1 Å². The number of hydrogen-bond acceptors (Lipinski definition) is 2. The summed E-state index contributed by atoms with van der Waals surface area (Å²) >= 11 is 0. The molecule has 0 N–H and O–H groups in total. The third-order valence-electron chi connectivity index (χ3n) is 9.79. The SMILES string of the molecule is [2H]C([2H])([2H])c1ccc(-c2[c-]cc(C([2H])([2H])[2H])c(-c3ccc(C([2H])([2H])C(C)(C)C)cc3)c2)nc1.[2H]C([2H])(c1ccc(C(=C/C=[N-])/C=C(\C)c2[c-]ccc3c2oc2ccc4ccccc4c23)cc1)C(C)(C)C.[Ir+3]. The number of fused-ring (bicyclic) bond motifs is 5. The summed E-state index contributed by atoms with van der Waals surface area (Å²) in [5, 5.41) is 14.1. The van der Waals surface area contributed by atoms with E-state index < -0.39 is 37.3 Å². The van der Waals surface area contributed by atoms with E-state index in [1.165, 1.54) is 23.7 Å². The summed E-state index contributed by atoms with van der Waals surface area (Å²) in [6.07, 6.45) is 2.92. The Morgan fingerprint density at radius 1 is 0.803 bits per heavy atom. The van der Waals surface area contributed by atoms with Crippen molar-refractivity contribution in [3.8, 4) is 22.4 Å². The van der Waals surface area contributed by atoms with Gasteiger partial charge in [0, 0.05) is 30.9 Å². The van der Waals surface area contributed by atoms with Crippen molar-refractivity contribution in [2.75, 3.05) is 0 Å². The summed E-state index contributed by atoms with van der Waals surface area (Å²) in [6.45, 7) is 8.57. The molecule has 61 heavy (non-hydrogen) atoms. The van der Waals surface area contributed by atoms with E-state index in [1.54, 1.807) is 42.5 Å². The first-order valence-corrected chi connectivity index (χ1v) is 20.0. The number of nitrogens with zero attached hydrogens (tertiary/aromatic N) is 2. The second-order valence-electron chi connectivity index (χ2n) is 17.0. The Hall–Kier alpha value is -5.67. The minimum atomic E-state index is -2.37. The predicted molar refractivity (Wildman–Crippen MR) is 257 cm³/mol. The molecular weight excluding hydrogens is 921 g/mol. The average molecular weight is 986 g/mol. The van der Waals surface area contributed by atoms with Gasteiger partial charge in [-0.25, -0.2) is 0 Å². The van der Waals surface area contributed by atoms with Crippen LogP contribution in [-0.4, -0.2) is 11.2 Å². The molecule has 0 saturated carbocycles. The molecule has 0 spiro atoms. The molecule has 4 heteroatoms. The molecule has 0 bridgehead atoms. The molecule has 0 saturated heterocycles. The number of allylic oxidation sites excluding steroid dienone is 4. The molecule has 0 unspecified atom stereocenters. The maximum Gasteiger partial charge on any atom is 3.00 e. The van der Waals surface area contributed by atoms with Gasteiger partial charge in [-0.15, -0.1) is 58.7 Å². The van der Waals surface area contributed by atoms with Gasteiger partial charge in [-0.3, -0.25) is 0 Å². The van der Waals surface area contributed by atoms with Crippen molar-refractivity contribution in [1.82, 2.24) is 4.98 Å². The predicted octanol–water partition coefficient (Wildman–Crippen LogP) is 15.7. The molecule has 8 rings (SSSR count). The van der Waals surface area contributed by atoms with Crippen molar-refractivity contribution in [3.05, 3.63) is 191 Å². The normalized spacial score (nSPS) is 15.6. The summed E-state index contributed by atoms with van der Waals surface area (Å²) in [5.74, 6) is 0. The molecule has 0 aliphatic rings. The van der Waals surface area contributed by atoms with Crippen molar-refractivity contribution in [1.29, 1.82) is 0 Å². The van der Waals surface area contributed by atoms with Crippen LogP contribution >= 0.6 is 0 Å². The summed E-state index contributed by atoms with van der Waals surface area (Å²) in [6, 6.07) is 43.1. The molecule has 0 aliphatic carbocycles. The molecule has 6 aromatic carbocycles. The number of hydrogen-bond donors (Lipinski definition) is 0. The van der Waals surface area contributed by atoms with Gasteiger partial charge in [-0.1, -0.05) is 169 Å². The van der Waals surface area contributed by atoms with Crippen molar-refractivity contribution in [2.24, 2.45) is 10.8 Å². The number of aryl methyl sites for hydroxylation is 2. The number of aromatic nitrogens is 1. The molecular formula is C57H55IrN2O. The van der Waals surface area contributed by atoms with Crippen molar-refractivity contribution in [2.45, 2.75) is 74.9 Å². The van der Waals surface area contributed by atoms with E-state index in [0.717, 1.165) is 55.8 Å². The Balaban J connectivity index is 0.000000231. The number of furan rings is 1. The Morgan fingerprint density at radius 3 is 2.15 bits per heavy atom. The summed E-state index contributed by atoms with van der Waals surface area (Å²) < 4.78 is 86.7. The fourth-order valence-electron chi connectivity index (χ4n) is 7.19. The van der Waals surface area contributed by atoms with E-state index in [-0.39, 0.29) is 31.2 Å². The van der Waals surface area contributed by atoms with Crippen LogP contribution in [0.3, 0.4) is 0 Å². The van der Waals surface area contributed by atoms with Crippen LogP contribution in [-0.2, 0) is 32.9 Å². The molecule has 0 fully saturated rings. The Kier molecular flexibility index (Phi) is 10.3. The van der Waals surface area contributed by atoms with E-state index in [9.17, 15) is 5.41 Å². The standard InChI is InChI=1S/C33H29NO.C24H26N.Ir/c1-22(20-26(18-19-34)24-14-12-23(13-15-24)21-33(2,3)4)27-10-7-11-29-31-28-9-6-5-8-25(28)16-17-30(31)35-32(27)29;1-17-6-13-23(25-16-17)21-10-7-18(2)22(14-21)20-11-8-19(9-12-20)15-24(3,4)5;/h5-9,11-20H,21H2,1-4H3;6-9,11-14,16H,15H2,1-5H3;/q-2;-1;+3/b22-20+,26-18+;;/i21D2;1D3,2D3,15D2;. The molecule has 3 nitrogen and oxygen atoms in total. The van der Waals surface area contributed by atoms with Crippen LogP contribution in [0.2, 0.25) is 0 Å². The monoisotopic (exact) mass is 986 g/mol. The fraction of sp³-hybridized carbons (Fsp3) is 0.228. The molecule has 308 valence electrons. The second kappa shape index (κ2) is 18.9. The van der Waals surface area contributed by atoms with Crippen LogP contribution in [0.1, 0.15) is 95.6 Å². The van der Waals surface area contributed by atoms with E-state index in [2.05, 4.69) is 35.3 Å². The molecule has 8 aromatic rings. The first-order chi connectivity index (χ1) is 32.6.